The zero-order valence-electron chi connectivity index (χ0n) is 15.4. The number of likely N-dealkylation sites (tertiary alicyclic amines) is 1. The molecule has 2 amide bonds. The molecular formula is C17H29Cl2N5O2. The highest BCUT2D eigenvalue weighted by molar-refractivity contribution is 5.86. The molecule has 0 aliphatic carbocycles. The minimum absolute atomic E-state index is 0. The smallest absolute Gasteiger partial charge is 0.247 e. The van der Waals surface area contributed by atoms with Gasteiger partial charge in [-0.2, -0.15) is 5.10 Å². The Morgan fingerprint density at radius 1 is 1.27 bits per heavy atom. The first-order chi connectivity index (χ1) is 11.5. The van der Waals surface area contributed by atoms with Gasteiger partial charge in [-0.25, -0.2) is 0 Å². The van der Waals surface area contributed by atoms with Gasteiger partial charge in [-0.1, -0.05) is 0 Å². The van der Waals surface area contributed by atoms with Crippen LogP contribution in [0.25, 0.3) is 0 Å². The zero-order chi connectivity index (χ0) is 17.2. The number of hydrogen-bond donors (Lipinski definition) is 1. The van der Waals surface area contributed by atoms with Crippen LogP contribution in [0.2, 0.25) is 0 Å². The molecule has 0 saturated carbocycles. The van der Waals surface area contributed by atoms with E-state index in [0.29, 0.717) is 5.41 Å². The summed E-state index contributed by atoms with van der Waals surface area (Å²) in [6.07, 6.45) is 6.75. The SMILES string of the molecule is CC(C(=O)N(C)CC(=O)N1CCC2(CCNC2)CC1)n1cccn1.Cl.Cl. The van der Waals surface area contributed by atoms with Crippen molar-refractivity contribution in [1.82, 2.24) is 24.9 Å². The normalized spacial score (nSPS) is 19.4. The van der Waals surface area contributed by atoms with Gasteiger partial charge >= 0.3 is 0 Å². The summed E-state index contributed by atoms with van der Waals surface area (Å²) >= 11 is 0. The van der Waals surface area contributed by atoms with Gasteiger partial charge in [-0.15, -0.1) is 24.8 Å². The van der Waals surface area contributed by atoms with E-state index < -0.39 is 6.04 Å². The molecule has 0 aromatic carbocycles. The molecule has 7 nitrogen and oxygen atoms in total. The van der Waals surface area contributed by atoms with Gasteiger partial charge < -0.3 is 15.1 Å². The van der Waals surface area contributed by atoms with Gasteiger partial charge in [-0.3, -0.25) is 14.3 Å². The van der Waals surface area contributed by atoms with Crippen molar-refractivity contribution in [3.8, 4) is 0 Å². The zero-order valence-corrected chi connectivity index (χ0v) is 17.0. The Morgan fingerprint density at radius 2 is 1.96 bits per heavy atom. The second-order valence-corrected chi connectivity index (χ2v) is 7.16. The number of hydrogen-bond acceptors (Lipinski definition) is 4. The summed E-state index contributed by atoms with van der Waals surface area (Å²) in [5, 5.41) is 7.53. The predicted molar refractivity (Wildman–Crippen MR) is 105 cm³/mol. The second-order valence-electron chi connectivity index (χ2n) is 7.16. The van der Waals surface area contributed by atoms with E-state index in [9.17, 15) is 9.59 Å². The van der Waals surface area contributed by atoms with Crippen molar-refractivity contribution >= 4 is 36.6 Å². The summed E-state index contributed by atoms with van der Waals surface area (Å²) < 4.78 is 1.61. The molecule has 26 heavy (non-hydrogen) atoms. The van der Waals surface area contributed by atoms with Gasteiger partial charge in [0.2, 0.25) is 11.8 Å². The van der Waals surface area contributed by atoms with E-state index in [1.165, 1.54) is 11.3 Å². The van der Waals surface area contributed by atoms with E-state index in [-0.39, 0.29) is 43.2 Å². The topological polar surface area (TPSA) is 70.5 Å². The number of likely N-dealkylation sites (N-methyl/N-ethyl adjacent to an activating group) is 1. The Kier molecular flexibility index (Phi) is 8.37. The molecule has 9 heteroatoms. The number of carbonyl (C=O) groups excluding carboxylic acids is 2. The maximum atomic E-state index is 12.5. The number of piperidine rings is 1. The van der Waals surface area contributed by atoms with Crippen molar-refractivity contribution in [2.45, 2.75) is 32.2 Å². The molecule has 2 saturated heterocycles. The summed E-state index contributed by atoms with van der Waals surface area (Å²) in [5.41, 5.74) is 0.396. The molecule has 0 bridgehead atoms. The molecule has 1 aromatic heterocycles. The van der Waals surface area contributed by atoms with E-state index in [1.807, 2.05) is 4.90 Å². The van der Waals surface area contributed by atoms with Crippen molar-refractivity contribution in [3.05, 3.63) is 18.5 Å². The molecular weight excluding hydrogens is 377 g/mol. The molecule has 3 heterocycles. The minimum atomic E-state index is -0.396. The van der Waals surface area contributed by atoms with Crippen LogP contribution in [0, 0.1) is 5.41 Å². The maximum absolute atomic E-state index is 12.5. The fraction of sp³-hybridized carbons (Fsp3) is 0.706. The largest absolute Gasteiger partial charge is 0.341 e. The lowest BCUT2D eigenvalue weighted by atomic mass is 9.78. The van der Waals surface area contributed by atoms with Crippen LogP contribution in [-0.4, -0.2) is 71.2 Å². The first-order valence-electron chi connectivity index (χ1n) is 8.73. The Balaban J connectivity index is 0.00000169. The molecule has 148 valence electrons. The van der Waals surface area contributed by atoms with Crippen molar-refractivity contribution in [1.29, 1.82) is 0 Å². The predicted octanol–water partition coefficient (Wildman–Crippen LogP) is 1.35. The lowest BCUT2D eigenvalue weighted by Crippen LogP contribution is -2.48. The van der Waals surface area contributed by atoms with E-state index in [4.69, 9.17) is 0 Å². The van der Waals surface area contributed by atoms with Crippen LogP contribution in [0.3, 0.4) is 0 Å². The molecule has 1 spiro atoms. The first kappa shape index (κ1) is 22.7. The van der Waals surface area contributed by atoms with Crippen LogP contribution in [-0.2, 0) is 9.59 Å². The number of nitrogens with one attached hydrogen (secondary N) is 1. The summed E-state index contributed by atoms with van der Waals surface area (Å²) in [6.45, 7) is 5.71. The fourth-order valence-corrected chi connectivity index (χ4v) is 3.78. The van der Waals surface area contributed by atoms with Gasteiger partial charge in [0, 0.05) is 39.1 Å². The lowest BCUT2D eigenvalue weighted by molar-refractivity contribution is -0.142. The molecule has 1 aromatic rings. The minimum Gasteiger partial charge on any atom is -0.341 e. The Hall–Kier alpha value is -1.31. The van der Waals surface area contributed by atoms with Gasteiger partial charge in [-0.05, 0) is 44.2 Å². The van der Waals surface area contributed by atoms with Crippen molar-refractivity contribution in [3.63, 3.8) is 0 Å². The van der Waals surface area contributed by atoms with Gasteiger partial charge in [0.05, 0.1) is 6.54 Å². The number of aromatic nitrogens is 2. The van der Waals surface area contributed by atoms with Crippen molar-refractivity contribution < 1.29 is 9.59 Å². The molecule has 2 fully saturated rings. The third-order valence-electron chi connectivity index (χ3n) is 5.54. The average Bonchev–Trinajstić information content (AvgIpc) is 3.26. The Morgan fingerprint density at radius 3 is 2.50 bits per heavy atom. The van der Waals surface area contributed by atoms with E-state index in [1.54, 1.807) is 37.1 Å². The fourth-order valence-electron chi connectivity index (χ4n) is 3.78. The van der Waals surface area contributed by atoms with Crippen molar-refractivity contribution in [2.24, 2.45) is 5.41 Å². The van der Waals surface area contributed by atoms with Crippen molar-refractivity contribution in [2.75, 3.05) is 39.8 Å². The van der Waals surface area contributed by atoms with Crippen LogP contribution in [0.15, 0.2) is 18.5 Å². The molecule has 1 unspecified atom stereocenters. The number of carbonyl (C=O) groups is 2. The monoisotopic (exact) mass is 405 g/mol. The maximum Gasteiger partial charge on any atom is 0.247 e. The van der Waals surface area contributed by atoms with Crippen LogP contribution in [0.4, 0.5) is 0 Å². The average molecular weight is 406 g/mol. The molecule has 1 atom stereocenters. The molecule has 0 radical (unpaired) electrons. The molecule has 1 N–H and O–H groups in total. The van der Waals surface area contributed by atoms with E-state index in [0.717, 1.165) is 39.0 Å². The summed E-state index contributed by atoms with van der Waals surface area (Å²) in [6, 6.07) is 1.39. The standard InChI is InChI=1S/C17H27N5O2.2ClH/c1-14(22-9-3-7-19-22)16(24)20(2)12-15(23)21-10-5-17(6-11-21)4-8-18-13-17;;/h3,7,9,14,18H,4-6,8,10-13H2,1-2H3;2*1H. The third kappa shape index (κ3) is 4.90. The highest BCUT2D eigenvalue weighted by Crippen LogP contribution is 2.36. The van der Waals surface area contributed by atoms with Gasteiger partial charge in [0.1, 0.15) is 6.04 Å². The number of rotatable bonds is 4. The first-order valence-corrected chi connectivity index (χ1v) is 8.73. The number of amides is 2. The number of nitrogens with zero attached hydrogens (tertiary/aromatic N) is 4. The highest BCUT2D eigenvalue weighted by Gasteiger charge is 2.38. The highest BCUT2D eigenvalue weighted by atomic mass is 35.5. The lowest BCUT2D eigenvalue weighted by Gasteiger charge is -2.39. The molecule has 3 rings (SSSR count). The third-order valence-corrected chi connectivity index (χ3v) is 5.54. The summed E-state index contributed by atoms with van der Waals surface area (Å²) in [7, 11) is 1.69. The molecule has 2 aliphatic rings. The van der Waals surface area contributed by atoms with Gasteiger partial charge in [0.25, 0.3) is 0 Å². The quantitative estimate of drug-likeness (QED) is 0.820. The Bertz CT molecular complexity index is 580. The molecule has 2 aliphatic heterocycles. The Labute approximate surface area is 167 Å². The van der Waals surface area contributed by atoms with E-state index >= 15 is 0 Å². The van der Waals surface area contributed by atoms with Crippen LogP contribution in [0.5, 0.6) is 0 Å². The van der Waals surface area contributed by atoms with Crippen LogP contribution < -0.4 is 5.32 Å². The number of halogens is 2. The van der Waals surface area contributed by atoms with Gasteiger partial charge in [0.15, 0.2) is 0 Å². The van der Waals surface area contributed by atoms with E-state index in [2.05, 4.69) is 10.4 Å². The van der Waals surface area contributed by atoms with Crippen LogP contribution >= 0.6 is 24.8 Å². The van der Waals surface area contributed by atoms with Crippen LogP contribution in [0.1, 0.15) is 32.2 Å². The second kappa shape index (κ2) is 9.58. The summed E-state index contributed by atoms with van der Waals surface area (Å²) in [5.74, 6) is -0.0557. The summed E-state index contributed by atoms with van der Waals surface area (Å²) in [4.78, 5) is 28.4.